The Bertz CT molecular complexity index is 381. The number of aromatic hydroxyl groups is 2. The normalized spacial score (nSPS) is 26.1. The third-order valence-electron chi connectivity index (χ3n) is 3.37. The van der Waals surface area contributed by atoms with E-state index in [1.165, 1.54) is 6.07 Å². The molecule has 88 valence electrons. The van der Waals surface area contributed by atoms with E-state index < -0.39 is 0 Å². The topological polar surface area (TPSA) is 69.7 Å². The minimum absolute atomic E-state index is 0.00276. The average molecular weight is 222 g/mol. The number of nitrogens with two attached hydrogens (primary N) is 1. The maximum absolute atomic E-state index is 9.83. The highest BCUT2D eigenvalue weighted by atomic mass is 16.3. The van der Waals surface area contributed by atoms with Gasteiger partial charge in [0.15, 0.2) is 11.5 Å². The lowest BCUT2D eigenvalue weighted by atomic mass is 9.99. The average Bonchev–Trinajstić information content (AvgIpc) is 2.64. The van der Waals surface area contributed by atoms with Crippen LogP contribution >= 0.6 is 0 Å². The largest absolute Gasteiger partial charge is 0.504 e. The number of rotatable bonds is 2. The minimum Gasteiger partial charge on any atom is -0.504 e. The molecule has 0 aliphatic carbocycles. The smallest absolute Gasteiger partial charge is 0.162 e. The first-order valence-corrected chi connectivity index (χ1v) is 5.54. The monoisotopic (exact) mass is 222 g/mol. The Balaban J connectivity index is 2.28. The highest BCUT2D eigenvalue weighted by Gasteiger charge is 2.31. The summed E-state index contributed by atoms with van der Waals surface area (Å²) >= 11 is 0. The Labute approximate surface area is 95.3 Å². The van der Waals surface area contributed by atoms with Crippen LogP contribution in [0.1, 0.15) is 18.0 Å². The van der Waals surface area contributed by atoms with E-state index in [2.05, 4.69) is 4.90 Å². The summed E-state index contributed by atoms with van der Waals surface area (Å²) in [6.07, 6.45) is 0.935. The summed E-state index contributed by atoms with van der Waals surface area (Å²) in [6, 6.07) is 5.26. The van der Waals surface area contributed by atoms with Crippen LogP contribution in [0.2, 0.25) is 0 Å². The molecule has 1 aromatic rings. The number of phenols is 2. The van der Waals surface area contributed by atoms with Gasteiger partial charge in [-0.3, -0.25) is 4.90 Å². The Morgan fingerprint density at radius 2 is 2.19 bits per heavy atom. The number of likely N-dealkylation sites (tertiary alicyclic amines) is 1. The molecule has 2 unspecified atom stereocenters. The van der Waals surface area contributed by atoms with Gasteiger partial charge in [-0.25, -0.2) is 0 Å². The van der Waals surface area contributed by atoms with E-state index in [4.69, 9.17) is 5.73 Å². The lowest BCUT2D eigenvalue weighted by Crippen LogP contribution is -2.20. The fraction of sp³-hybridized carbons (Fsp3) is 0.500. The molecule has 1 heterocycles. The molecule has 4 heteroatoms. The highest BCUT2D eigenvalue weighted by Crippen LogP contribution is 2.40. The molecule has 0 bridgehead atoms. The Morgan fingerprint density at radius 1 is 1.44 bits per heavy atom. The molecule has 0 saturated carbocycles. The van der Waals surface area contributed by atoms with Crippen LogP contribution in [-0.4, -0.2) is 35.3 Å². The number of benzene rings is 1. The van der Waals surface area contributed by atoms with Crippen LogP contribution in [0.25, 0.3) is 0 Å². The second-order valence-corrected chi connectivity index (χ2v) is 4.51. The van der Waals surface area contributed by atoms with Gasteiger partial charge in [-0.1, -0.05) is 12.1 Å². The summed E-state index contributed by atoms with van der Waals surface area (Å²) in [4.78, 5) is 2.17. The van der Waals surface area contributed by atoms with Crippen molar-refractivity contribution in [2.24, 2.45) is 11.7 Å². The Kier molecular flexibility index (Phi) is 3.03. The molecule has 1 aromatic carbocycles. The molecular weight excluding hydrogens is 204 g/mol. The second-order valence-electron chi connectivity index (χ2n) is 4.51. The zero-order valence-electron chi connectivity index (χ0n) is 9.43. The van der Waals surface area contributed by atoms with Crippen molar-refractivity contribution in [1.29, 1.82) is 0 Å². The first-order chi connectivity index (χ1) is 7.63. The summed E-state index contributed by atoms with van der Waals surface area (Å²) in [5, 5.41) is 19.3. The molecule has 0 aromatic heterocycles. The summed E-state index contributed by atoms with van der Waals surface area (Å²) in [6.45, 7) is 1.61. The number of hydrogen-bond acceptors (Lipinski definition) is 4. The predicted octanol–water partition coefficient (Wildman–Crippen LogP) is 1.05. The lowest BCUT2D eigenvalue weighted by Gasteiger charge is -2.20. The van der Waals surface area contributed by atoms with E-state index >= 15 is 0 Å². The fourth-order valence-electron chi connectivity index (χ4n) is 2.46. The predicted molar refractivity (Wildman–Crippen MR) is 62.3 cm³/mol. The number of hydrogen-bond donors (Lipinski definition) is 3. The van der Waals surface area contributed by atoms with Crippen molar-refractivity contribution in [3.63, 3.8) is 0 Å². The van der Waals surface area contributed by atoms with Crippen LogP contribution in [0.15, 0.2) is 18.2 Å². The van der Waals surface area contributed by atoms with E-state index in [-0.39, 0.29) is 17.5 Å². The van der Waals surface area contributed by atoms with Crippen molar-refractivity contribution in [2.45, 2.75) is 12.5 Å². The van der Waals surface area contributed by atoms with E-state index in [0.29, 0.717) is 12.5 Å². The SMILES string of the molecule is CN1CC(CN)CC1c1cccc(O)c1O. The van der Waals surface area contributed by atoms with Gasteiger partial charge in [0.25, 0.3) is 0 Å². The molecule has 2 rings (SSSR count). The Morgan fingerprint density at radius 3 is 2.81 bits per heavy atom. The zero-order chi connectivity index (χ0) is 11.7. The summed E-state index contributed by atoms with van der Waals surface area (Å²) < 4.78 is 0. The molecule has 1 saturated heterocycles. The van der Waals surface area contributed by atoms with Gasteiger partial charge in [0.2, 0.25) is 0 Å². The van der Waals surface area contributed by atoms with Crippen LogP contribution in [0.5, 0.6) is 11.5 Å². The molecule has 0 radical (unpaired) electrons. The van der Waals surface area contributed by atoms with Crippen molar-refractivity contribution in [3.05, 3.63) is 23.8 Å². The third-order valence-corrected chi connectivity index (χ3v) is 3.37. The molecular formula is C12H18N2O2. The standard InChI is InChI=1S/C12H18N2O2/c1-14-7-8(6-13)5-10(14)9-3-2-4-11(15)12(9)16/h2-4,8,10,15-16H,5-7,13H2,1H3. The summed E-state index contributed by atoms with van der Waals surface area (Å²) in [5.41, 5.74) is 6.46. The van der Waals surface area contributed by atoms with Gasteiger partial charge >= 0.3 is 0 Å². The van der Waals surface area contributed by atoms with Gasteiger partial charge in [0.1, 0.15) is 0 Å². The number of phenolic OH excluding ortho intramolecular Hbond substituents is 2. The molecule has 2 atom stereocenters. The molecule has 4 N–H and O–H groups in total. The van der Waals surface area contributed by atoms with Gasteiger partial charge in [-0.15, -0.1) is 0 Å². The van der Waals surface area contributed by atoms with Crippen molar-refractivity contribution >= 4 is 0 Å². The van der Waals surface area contributed by atoms with Gasteiger partial charge < -0.3 is 15.9 Å². The van der Waals surface area contributed by atoms with E-state index in [1.54, 1.807) is 6.07 Å². The molecule has 1 fully saturated rings. The minimum atomic E-state index is -0.0536. The van der Waals surface area contributed by atoms with Crippen molar-refractivity contribution < 1.29 is 10.2 Å². The molecule has 4 nitrogen and oxygen atoms in total. The fourth-order valence-corrected chi connectivity index (χ4v) is 2.46. The second kappa shape index (κ2) is 4.31. The number of para-hydroxylation sites is 1. The van der Waals surface area contributed by atoms with Crippen molar-refractivity contribution in [2.75, 3.05) is 20.1 Å². The maximum Gasteiger partial charge on any atom is 0.162 e. The van der Waals surface area contributed by atoms with Crippen molar-refractivity contribution in [1.82, 2.24) is 4.90 Å². The summed E-state index contributed by atoms with van der Waals surface area (Å²) in [5.74, 6) is 0.413. The van der Waals surface area contributed by atoms with Crippen LogP contribution in [0.3, 0.4) is 0 Å². The first kappa shape index (κ1) is 11.2. The van der Waals surface area contributed by atoms with E-state index in [1.807, 2.05) is 13.1 Å². The molecule has 0 amide bonds. The molecule has 1 aliphatic rings. The lowest BCUT2D eigenvalue weighted by molar-refractivity contribution is 0.302. The number of nitrogens with zero attached hydrogens (tertiary/aromatic N) is 1. The van der Waals surface area contributed by atoms with Crippen molar-refractivity contribution in [3.8, 4) is 11.5 Å². The third kappa shape index (κ3) is 1.86. The Hall–Kier alpha value is -1.26. The quantitative estimate of drug-likeness (QED) is 0.654. The highest BCUT2D eigenvalue weighted by molar-refractivity contribution is 5.46. The van der Waals surface area contributed by atoms with Crippen LogP contribution in [0, 0.1) is 5.92 Å². The van der Waals surface area contributed by atoms with E-state index in [9.17, 15) is 10.2 Å². The molecule has 0 spiro atoms. The van der Waals surface area contributed by atoms with Gasteiger partial charge in [-0.2, -0.15) is 0 Å². The zero-order valence-corrected chi connectivity index (χ0v) is 9.43. The van der Waals surface area contributed by atoms with Crippen LogP contribution < -0.4 is 5.73 Å². The molecule has 16 heavy (non-hydrogen) atoms. The summed E-state index contributed by atoms with van der Waals surface area (Å²) in [7, 11) is 2.02. The van der Waals surface area contributed by atoms with E-state index in [0.717, 1.165) is 18.5 Å². The van der Waals surface area contributed by atoms with Crippen LogP contribution in [-0.2, 0) is 0 Å². The molecule has 1 aliphatic heterocycles. The van der Waals surface area contributed by atoms with Gasteiger partial charge in [0, 0.05) is 18.2 Å². The maximum atomic E-state index is 9.83. The van der Waals surface area contributed by atoms with Gasteiger partial charge in [-0.05, 0) is 32.0 Å². The van der Waals surface area contributed by atoms with Gasteiger partial charge in [0.05, 0.1) is 0 Å². The first-order valence-electron chi connectivity index (χ1n) is 5.54. The van der Waals surface area contributed by atoms with Crippen LogP contribution in [0.4, 0.5) is 0 Å².